The zero-order valence-electron chi connectivity index (χ0n) is 15.3. The van der Waals surface area contributed by atoms with Gasteiger partial charge in [0, 0.05) is 25.7 Å². The number of ether oxygens (including phenoxy) is 1. The summed E-state index contributed by atoms with van der Waals surface area (Å²) >= 11 is 0. The number of nitrogens with zero attached hydrogens (tertiary/aromatic N) is 2. The number of carbonyl (C=O) groups is 2. The average molecular weight is 352 g/mol. The van der Waals surface area contributed by atoms with Gasteiger partial charge in [-0.1, -0.05) is 30.3 Å². The number of benzene rings is 2. The number of aryl methyl sites for hydroxylation is 1. The molecule has 0 radical (unpaired) electrons. The van der Waals surface area contributed by atoms with Crippen LogP contribution in [0.5, 0.6) is 5.75 Å². The second-order valence-electron chi connectivity index (χ2n) is 6.50. The topological polar surface area (TPSA) is 49.9 Å². The van der Waals surface area contributed by atoms with E-state index in [4.69, 9.17) is 4.74 Å². The molecule has 26 heavy (non-hydrogen) atoms. The van der Waals surface area contributed by atoms with Crippen molar-refractivity contribution in [1.82, 2.24) is 4.90 Å². The number of hydrogen-bond donors (Lipinski definition) is 0. The number of methoxy groups -OCH3 is 1. The van der Waals surface area contributed by atoms with Crippen LogP contribution in [0.3, 0.4) is 0 Å². The Hall–Kier alpha value is -2.82. The Morgan fingerprint density at radius 2 is 1.85 bits per heavy atom. The van der Waals surface area contributed by atoms with Crippen molar-refractivity contribution in [3.8, 4) is 5.75 Å². The Morgan fingerprint density at radius 3 is 2.54 bits per heavy atom. The monoisotopic (exact) mass is 352 g/mol. The van der Waals surface area contributed by atoms with Crippen LogP contribution in [0.15, 0.2) is 48.5 Å². The van der Waals surface area contributed by atoms with E-state index in [-0.39, 0.29) is 18.4 Å². The van der Waals surface area contributed by atoms with E-state index in [0.717, 1.165) is 29.8 Å². The van der Waals surface area contributed by atoms with Crippen LogP contribution in [0.4, 0.5) is 5.69 Å². The van der Waals surface area contributed by atoms with Crippen molar-refractivity contribution in [2.24, 2.45) is 0 Å². The summed E-state index contributed by atoms with van der Waals surface area (Å²) in [6.07, 6.45) is 1.93. The molecule has 2 amide bonds. The number of rotatable bonds is 5. The number of carbonyl (C=O) groups excluding carboxylic acids is 2. The summed E-state index contributed by atoms with van der Waals surface area (Å²) in [6, 6.07) is 15.5. The van der Waals surface area contributed by atoms with E-state index in [9.17, 15) is 9.59 Å². The SMILES string of the molecule is COc1ccc(CN(CC(=O)N2CCCc3ccccc32)C(C)=O)cc1. The molecule has 1 heterocycles. The minimum atomic E-state index is -0.112. The van der Waals surface area contributed by atoms with Gasteiger partial charge in [0.15, 0.2) is 0 Å². The lowest BCUT2D eigenvalue weighted by atomic mass is 10.0. The standard InChI is InChI=1S/C21H24N2O3/c1-16(24)22(14-17-9-11-19(26-2)12-10-17)15-21(25)23-13-5-7-18-6-3-4-8-20(18)23/h3-4,6,8-12H,5,7,13-15H2,1-2H3. The third-order valence-electron chi connectivity index (χ3n) is 4.72. The molecule has 0 N–H and O–H groups in total. The molecule has 0 aliphatic carbocycles. The van der Waals surface area contributed by atoms with Crippen molar-refractivity contribution in [2.45, 2.75) is 26.3 Å². The number of anilines is 1. The molecule has 0 unspecified atom stereocenters. The predicted molar refractivity (Wildman–Crippen MR) is 101 cm³/mol. The van der Waals surface area contributed by atoms with Gasteiger partial charge in [0.1, 0.15) is 12.3 Å². The van der Waals surface area contributed by atoms with Crippen molar-refractivity contribution in [1.29, 1.82) is 0 Å². The van der Waals surface area contributed by atoms with E-state index in [1.165, 1.54) is 12.5 Å². The minimum absolute atomic E-state index is 0.0409. The highest BCUT2D eigenvalue weighted by Crippen LogP contribution is 2.27. The molecule has 3 rings (SSSR count). The molecule has 5 nitrogen and oxygen atoms in total. The molecule has 5 heteroatoms. The van der Waals surface area contributed by atoms with Gasteiger partial charge in [-0.25, -0.2) is 0 Å². The number of amides is 2. The van der Waals surface area contributed by atoms with Gasteiger partial charge in [0.25, 0.3) is 0 Å². The van der Waals surface area contributed by atoms with Gasteiger partial charge < -0.3 is 14.5 Å². The van der Waals surface area contributed by atoms with Crippen molar-refractivity contribution in [2.75, 3.05) is 25.1 Å². The maximum absolute atomic E-state index is 12.9. The van der Waals surface area contributed by atoms with Crippen molar-refractivity contribution in [3.05, 3.63) is 59.7 Å². The Bertz CT molecular complexity index is 786. The maximum Gasteiger partial charge on any atom is 0.246 e. The summed E-state index contributed by atoms with van der Waals surface area (Å²) in [5.41, 5.74) is 3.13. The minimum Gasteiger partial charge on any atom is -0.497 e. The normalized spacial score (nSPS) is 13.1. The molecular weight excluding hydrogens is 328 g/mol. The molecule has 0 saturated heterocycles. The van der Waals surface area contributed by atoms with Gasteiger partial charge in [0.05, 0.1) is 7.11 Å². The number of hydrogen-bond acceptors (Lipinski definition) is 3. The second kappa shape index (κ2) is 8.04. The molecule has 1 aliphatic rings. The van der Waals surface area contributed by atoms with Crippen LogP contribution in [-0.4, -0.2) is 36.9 Å². The van der Waals surface area contributed by atoms with E-state index in [1.807, 2.05) is 47.4 Å². The first-order valence-electron chi connectivity index (χ1n) is 8.85. The molecule has 2 aromatic carbocycles. The van der Waals surface area contributed by atoms with E-state index in [2.05, 4.69) is 6.07 Å². The Morgan fingerprint density at radius 1 is 1.12 bits per heavy atom. The zero-order chi connectivity index (χ0) is 18.5. The Kier molecular flexibility index (Phi) is 5.56. The van der Waals surface area contributed by atoms with Crippen LogP contribution >= 0.6 is 0 Å². The average Bonchev–Trinajstić information content (AvgIpc) is 2.67. The highest BCUT2D eigenvalue weighted by Gasteiger charge is 2.24. The Labute approximate surface area is 154 Å². The van der Waals surface area contributed by atoms with Gasteiger partial charge in [-0.15, -0.1) is 0 Å². The van der Waals surface area contributed by atoms with E-state index < -0.39 is 0 Å². The van der Waals surface area contributed by atoms with E-state index >= 15 is 0 Å². The first kappa shape index (κ1) is 18.0. The first-order valence-corrected chi connectivity index (χ1v) is 8.85. The Balaban J connectivity index is 1.72. The van der Waals surface area contributed by atoms with Crippen molar-refractivity contribution < 1.29 is 14.3 Å². The van der Waals surface area contributed by atoms with Crippen LogP contribution in [-0.2, 0) is 22.6 Å². The second-order valence-corrected chi connectivity index (χ2v) is 6.50. The molecular formula is C21H24N2O3. The summed E-state index contributed by atoms with van der Waals surface area (Å²) in [7, 11) is 1.62. The summed E-state index contributed by atoms with van der Waals surface area (Å²) in [4.78, 5) is 28.3. The fourth-order valence-electron chi connectivity index (χ4n) is 3.27. The molecule has 136 valence electrons. The van der Waals surface area contributed by atoms with Crippen LogP contribution in [0.2, 0.25) is 0 Å². The van der Waals surface area contributed by atoms with Crippen molar-refractivity contribution in [3.63, 3.8) is 0 Å². The lowest BCUT2D eigenvalue weighted by Crippen LogP contribution is -2.44. The summed E-state index contributed by atoms with van der Waals surface area (Å²) in [6.45, 7) is 2.68. The highest BCUT2D eigenvalue weighted by molar-refractivity contribution is 5.97. The van der Waals surface area contributed by atoms with Crippen LogP contribution in [0.1, 0.15) is 24.5 Å². The summed E-state index contributed by atoms with van der Waals surface area (Å²) in [5, 5.41) is 0. The van der Waals surface area contributed by atoms with Crippen LogP contribution in [0.25, 0.3) is 0 Å². The lowest BCUT2D eigenvalue weighted by Gasteiger charge is -2.31. The summed E-state index contributed by atoms with van der Waals surface area (Å²) < 4.78 is 5.16. The van der Waals surface area contributed by atoms with Gasteiger partial charge in [-0.2, -0.15) is 0 Å². The molecule has 0 atom stereocenters. The van der Waals surface area contributed by atoms with Gasteiger partial charge in [-0.05, 0) is 42.2 Å². The predicted octanol–water partition coefficient (Wildman–Crippen LogP) is 3.02. The van der Waals surface area contributed by atoms with E-state index in [1.54, 1.807) is 12.0 Å². The highest BCUT2D eigenvalue weighted by atomic mass is 16.5. The zero-order valence-corrected chi connectivity index (χ0v) is 15.3. The maximum atomic E-state index is 12.9. The van der Waals surface area contributed by atoms with Crippen LogP contribution in [0, 0.1) is 0 Å². The molecule has 0 fully saturated rings. The third kappa shape index (κ3) is 4.04. The van der Waals surface area contributed by atoms with Gasteiger partial charge in [0.2, 0.25) is 11.8 Å². The largest absolute Gasteiger partial charge is 0.497 e. The molecule has 0 bridgehead atoms. The molecule has 0 spiro atoms. The quantitative estimate of drug-likeness (QED) is 0.831. The third-order valence-corrected chi connectivity index (χ3v) is 4.72. The molecule has 1 aliphatic heterocycles. The lowest BCUT2D eigenvalue weighted by molar-refractivity contribution is -0.134. The van der Waals surface area contributed by atoms with Crippen molar-refractivity contribution >= 4 is 17.5 Å². The van der Waals surface area contributed by atoms with Crippen LogP contribution < -0.4 is 9.64 Å². The molecule has 2 aromatic rings. The first-order chi connectivity index (χ1) is 12.6. The fourth-order valence-corrected chi connectivity index (χ4v) is 3.27. The number of fused-ring (bicyclic) bond motifs is 1. The summed E-state index contributed by atoms with van der Waals surface area (Å²) in [5.74, 6) is 0.615. The molecule has 0 saturated carbocycles. The fraction of sp³-hybridized carbons (Fsp3) is 0.333. The van der Waals surface area contributed by atoms with Gasteiger partial charge in [-0.3, -0.25) is 9.59 Å². The smallest absolute Gasteiger partial charge is 0.246 e. The number of para-hydroxylation sites is 1. The van der Waals surface area contributed by atoms with E-state index in [0.29, 0.717) is 13.1 Å². The molecule has 0 aromatic heterocycles. The van der Waals surface area contributed by atoms with Gasteiger partial charge >= 0.3 is 0 Å².